The summed E-state index contributed by atoms with van der Waals surface area (Å²) in [5.41, 5.74) is -0.366. The molecule has 2 N–H and O–H groups in total. The van der Waals surface area contributed by atoms with Gasteiger partial charge in [-0.15, -0.1) is 0 Å². The summed E-state index contributed by atoms with van der Waals surface area (Å²) in [5.74, 6) is -1.95. The largest absolute Gasteiger partial charge is 0.431 e. The fourth-order valence-electron chi connectivity index (χ4n) is 0.627. The van der Waals surface area contributed by atoms with Crippen molar-refractivity contribution in [3.05, 3.63) is 34.4 Å². The number of hydrogen-bond donors (Lipinski definition) is 2. The van der Waals surface area contributed by atoms with Gasteiger partial charge in [0.2, 0.25) is 0 Å². The molecule has 0 bridgehead atoms. The molecule has 0 saturated carbocycles. The molecule has 1 aromatic heterocycles. The van der Waals surface area contributed by atoms with Gasteiger partial charge in [-0.05, 0) is 13.0 Å². The van der Waals surface area contributed by atoms with Crippen molar-refractivity contribution >= 4 is 0 Å². The minimum Gasteiger partial charge on any atom is -0.431 e. The van der Waals surface area contributed by atoms with Crippen LogP contribution in [0.25, 0.3) is 0 Å². The van der Waals surface area contributed by atoms with E-state index in [-0.39, 0.29) is 5.56 Å². The van der Waals surface area contributed by atoms with Crippen LogP contribution in [0.2, 0.25) is 0 Å². The third kappa shape index (κ3) is 1.89. The smallest absolute Gasteiger partial charge is 0.335 e. The molecule has 0 saturated heterocycles. The van der Waals surface area contributed by atoms with Crippen molar-refractivity contribution in [2.45, 2.75) is 12.7 Å². The topological polar surface area (TPSA) is 70.7 Å². The Morgan fingerprint density at radius 1 is 1.45 bits per heavy atom. The molecule has 60 valence electrons. The Bertz CT molecular complexity index is 274. The summed E-state index contributed by atoms with van der Waals surface area (Å²) < 4.78 is 4.41. The second-order valence-corrected chi connectivity index (χ2v) is 2.36. The van der Waals surface area contributed by atoms with Gasteiger partial charge in [0.1, 0.15) is 6.26 Å². The Morgan fingerprint density at radius 3 is 2.45 bits per heavy atom. The third-order valence-electron chi connectivity index (χ3n) is 1.25. The van der Waals surface area contributed by atoms with Crippen LogP contribution in [-0.4, -0.2) is 10.2 Å². The van der Waals surface area contributed by atoms with Gasteiger partial charge in [0.05, 0.1) is 0 Å². The predicted octanol–water partition coefficient (Wildman–Crippen LogP) is -0.203. The lowest BCUT2D eigenvalue weighted by molar-refractivity contribution is -0.153. The van der Waals surface area contributed by atoms with E-state index in [2.05, 4.69) is 4.42 Å². The van der Waals surface area contributed by atoms with Crippen LogP contribution in [0.15, 0.2) is 27.6 Å². The van der Waals surface area contributed by atoms with E-state index in [4.69, 9.17) is 10.2 Å². The summed E-state index contributed by atoms with van der Waals surface area (Å²) in [4.78, 5) is 10.4. The number of aliphatic hydroxyl groups is 2. The summed E-state index contributed by atoms with van der Waals surface area (Å²) in [6.45, 7) is 1.18. The molecule has 0 spiro atoms. The fraction of sp³-hybridized carbons (Fsp3) is 0.286. The molecule has 0 aromatic carbocycles. The van der Waals surface area contributed by atoms with Gasteiger partial charge in [0.25, 0.3) is 0 Å². The van der Waals surface area contributed by atoms with E-state index in [1.807, 2.05) is 0 Å². The Hall–Kier alpha value is -1.13. The fourth-order valence-corrected chi connectivity index (χ4v) is 0.627. The van der Waals surface area contributed by atoms with E-state index in [9.17, 15) is 4.79 Å². The van der Waals surface area contributed by atoms with Crippen LogP contribution in [-0.2, 0) is 5.79 Å². The zero-order chi connectivity index (χ0) is 8.48. The lowest BCUT2D eigenvalue weighted by Gasteiger charge is -2.13. The molecule has 4 heteroatoms. The van der Waals surface area contributed by atoms with Crippen LogP contribution < -0.4 is 5.63 Å². The lowest BCUT2D eigenvalue weighted by atomic mass is 10.1. The van der Waals surface area contributed by atoms with Crippen LogP contribution in [0.5, 0.6) is 0 Å². The highest BCUT2D eigenvalue weighted by molar-refractivity contribution is 5.11. The molecule has 0 aliphatic rings. The Balaban J connectivity index is 3.09. The van der Waals surface area contributed by atoms with Gasteiger partial charge in [-0.3, -0.25) is 0 Å². The van der Waals surface area contributed by atoms with Crippen molar-refractivity contribution in [3.8, 4) is 0 Å². The van der Waals surface area contributed by atoms with Crippen molar-refractivity contribution in [3.63, 3.8) is 0 Å². The van der Waals surface area contributed by atoms with Gasteiger partial charge in [-0.25, -0.2) is 4.79 Å². The van der Waals surface area contributed by atoms with Gasteiger partial charge in [0, 0.05) is 11.6 Å². The molecule has 1 aromatic rings. The zero-order valence-corrected chi connectivity index (χ0v) is 5.94. The molecule has 0 aliphatic carbocycles. The molecule has 0 amide bonds. The lowest BCUT2D eigenvalue weighted by Crippen LogP contribution is -2.20. The standard InChI is InChI=1S/C7H8O4/c1-7(9,10)5-2-3-6(8)11-4-5/h2-4,9-10H,1H3. The molecule has 4 nitrogen and oxygen atoms in total. The maximum atomic E-state index is 10.4. The van der Waals surface area contributed by atoms with Gasteiger partial charge >= 0.3 is 5.63 Å². The monoisotopic (exact) mass is 156 g/mol. The summed E-state index contributed by atoms with van der Waals surface area (Å²) in [7, 11) is 0. The van der Waals surface area contributed by atoms with Crippen LogP contribution in [0.4, 0.5) is 0 Å². The Kier molecular flexibility index (Phi) is 1.80. The highest BCUT2D eigenvalue weighted by Gasteiger charge is 2.18. The molecule has 0 atom stereocenters. The van der Waals surface area contributed by atoms with Crippen LogP contribution in [0, 0.1) is 0 Å². The minimum atomic E-state index is -1.95. The third-order valence-corrected chi connectivity index (χ3v) is 1.25. The Morgan fingerprint density at radius 2 is 2.09 bits per heavy atom. The van der Waals surface area contributed by atoms with E-state index in [0.29, 0.717) is 0 Å². The molecule has 0 radical (unpaired) electrons. The first-order valence-electron chi connectivity index (χ1n) is 3.04. The number of rotatable bonds is 1. The molecule has 0 unspecified atom stereocenters. The first kappa shape index (κ1) is 7.97. The second kappa shape index (κ2) is 2.48. The molecular formula is C7H8O4. The van der Waals surface area contributed by atoms with Crippen LogP contribution >= 0.6 is 0 Å². The van der Waals surface area contributed by atoms with Gasteiger partial charge in [0.15, 0.2) is 5.79 Å². The minimum absolute atomic E-state index is 0.150. The summed E-state index contributed by atoms with van der Waals surface area (Å²) >= 11 is 0. The maximum absolute atomic E-state index is 10.4. The van der Waals surface area contributed by atoms with Crippen molar-refractivity contribution in [1.29, 1.82) is 0 Å². The molecule has 11 heavy (non-hydrogen) atoms. The van der Waals surface area contributed by atoms with E-state index >= 15 is 0 Å². The van der Waals surface area contributed by atoms with E-state index in [1.165, 1.54) is 13.0 Å². The maximum Gasteiger partial charge on any atom is 0.335 e. The van der Waals surface area contributed by atoms with Crippen LogP contribution in [0.3, 0.4) is 0 Å². The van der Waals surface area contributed by atoms with Gasteiger partial charge in [-0.1, -0.05) is 0 Å². The average Bonchev–Trinajstić information content (AvgIpc) is 1.86. The van der Waals surface area contributed by atoms with Crippen molar-refractivity contribution < 1.29 is 14.6 Å². The highest BCUT2D eigenvalue weighted by atomic mass is 16.5. The van der Waals surface area contributed by atoms with Crippen molar-refractivity contribution in [2.75, 3.05) is 0 Å². The predicted molar refractivity (Wildman–Crippen MR) is 36.8 cm³/mol. The van der Waals surface area contributed by atoms with Gasteiger partial charge in [-0.2, -0.15) is 0 Å². The molecule has 0 fully saturated rings. The second-order valence-electron chi connectivity index (χ2n) is 2.36. The summed E-state index contributed by atoms with van der Waals surface area (Å²) in [6.07, 6.45) is 1.02. The van der Waals surface area contributed by atoms with Crippen molar-refractivity contribution in [1.82, 2.24) is 0 Å². The van der Waals surface area contributed by atoms with Gasteiger partial charge < -0.3 is 14.6 Å². The summed E-state index contributed by atoms with van der Waals surface area (Å²) in [5, 5.41) is 17.9. The summed E-state index contributed by atoms with van der Waals surface area (Å²) in [6, 6.07) is 2.42. The highest BCUT2D eigenvalue weighted by Crippen LogP contribution is 2.13. The molecule has 1 heterocycles. The quantitative estimate of drug-likeness (QED) is 0.552. The van der Waals surface area contributed by atoms with E-state index in [1.54, 1.807) is 0 Å². The first-order valence-corrected chi connectivity index (χ1v) is 3.04. The molecule has 1 rings (SSSR count). The zero-order valence-electron chi connectivity index (χ0n) is 5.94. The molecule has 0 aliphatic heterocycles. The Labute approximate surface area is 62.7 Å². The SMILES string of the molecule is CC(O)(O)c1ccc(=O)oc1. The molecular weight excluding hydrogens is 148 g/mol. The average molecular weight is 156 g/mol. The van der Waals surface area contributed by atoms with Crippen molar-refractivity contribution in [2.24, 2.45) is 0 Å². The van der Waals surface area contributed by atoms with E-state index < -0.39 is 11.4 Å². The normalized spacial score (nSPS) is 11.5. The van der Waals surface area contributed by atoms with E-state index in [0.717, 1.165) is 12.3 Å². The first-order chi connectivity index (χ1) is 5.00. The number of hydrogen-bond acceptors (Lipinski definition) is 4. The van der Waals surface area contributed by atoms with Crippen LogP contribution in [0.1, 0.15) is 12.5 Å².